The summed E-state index contributed by atoms with van der Waals surface area (Å²) in [5.41, 5.74) is 6.69. The highest BCUT2D eigenvalue weighted by Crippen LogP contribution is 2.14. The van der Waals surface area contributed by atoms with E-state index in [2.05, 4.69) is 16.5 Å². The number of nitrogen functional groups attached to an aromatic ring is 1. The van der Waals surface area contributed by atoms with Crippen molar-refractivity contribution >= 4 is 11.4 Å². The van der Waals surface area contributed by atoms with E-state index >= 15 is 0 Å². The Kier molecular flexibility index (Phi) is 3.98. The fourth-order valence-corrected chi connectivity index (χ4v) is 1.13. The number of nitrogens with two attached hydrogens (primary N) is 1. The summed E-state index contributed by atoms with van der Waals surface area (Å²) >= 11 is 0. The van der Waals surface area contributed by atoms with Gasteiger partial charge in [-0.2, -0.15) is 5.26 Å². The molecule has 0 unspecified atom stereocenters. The maximum absolute atomic E-state index is 8.70. The summed E-state index contributed by atoms with van der Waals surface area (Å²) in [5.74, 6) is 0.668. The first-order chi connectivity index (χ1) is 7.72. The van der Waals surface area contributed by atoms with Gasteiger partial charge in [-0.05, 0) is 6.92 Å². The molecule has 0 aliphatic heterocycles. The van der Waals surface area contributed by atoms with Gasteiger partial charge in [-0.1, -0.05) is 30.9 Å². The van der Waals surface area contributed by atoms with Gasteiger partial charge in [-0.3, -0.25) is 0 Å². The minimum atomic E-state index is 0.187. The number of nitrogens with zero attached hydrogens (tertiary/aromatic N) is 3. The predicted molar refractivity (Wildman–Crippen MR) is 64.1 cm³/mol. The van der Waals surface area contributed by atoms with Crippen molar-refractivity contribution in [2.45, 2.75) is 6.92 Å². The van der Waals surface area contributed by atoms with Gasteiger partial charge in [0.05, 0.1) is 6.20 Å². The van der Waals surface area contributed by atoms with Crippen LogP contribution in [0, 0.1) is 11.3 Å². The zero-order valence-electron chi connectivity index (χ0n) is 9.01. The lowest BCUT2D eigenvalue weighted by Gasteiger charge is -2.02. The van der Waals surface area contributed by atoms with E-state index in [9.17, 15) is 0 Å². The molecule has 0 spiro atoms. The Morgan fingerprint density at radius 1 is 1.62 bits per heavy atom. The second kappa shape index (κ2) is 5.47. The van der Waals surface area contributed by atoms with Crippen molar-refractivity contribution in [3.8, 4) is 6.07 Å². The van der Waals surface area contributed by atoms with Crippen LogP contribution in [0.15, 0.2) is 37.1 Å². The van der Waals surface area contributed by atoms with E-state index in [1.165, 1.54) is 6.20 Å². The quantitative estimate of drug-likeness (QED) is 0.778. The minimum Gasteiger partial charge on any atom is -0.382 e. The van der Waals surface area contributed by atoms with Gasteiger partial charge in [0, 0.05) is 5.57 Å². The fourth-order valence-electron chi connectivity index (χ4n) is 1.13. The monoisotopic (exact) mass is 212 g/mol. The lowest BCUT2D eigenvalue weighted by atomic mass is 10.2. The molecule has 0 fully saturated rings. The van der Waals surface area contributed by atoms with Crippen molar-refractivity contribution in [3.63, 3.8) is 0 Å². The number of aromatic nitrogens is 2. The van der Waals surface area contributed by atoms with Gasteiger partial charge in [0.15, 0.2) is 5.82 Å². The Morgan fingerprint density at radius 3 is 2.88 bits per heavy atom. The lowest BCUT2D eigenvalue weighted by molar-refractivity contribution is 1.12. The average Bonchev–Trinajstić information content (AvgIpc) is 2.28. The molecule has 0 saturated carbocycles. The molecule has 1 rings (SSSR count). The van der Waals surface area contributed by atoms with E-state index in [0.717, 1.165) is 5.57 Å². The molecule has 0 saturated heterocycles. The average molecular weight is 212 g/mol. The number of rotatable bonds is 3. The van der Waals surface area contributed by atoms with Crippen molar-refractivity contribution in [2.75, 3.05) is 5.73 Å². The molecule has 4 heteroatoms. The predicted octanol–water partition coefficient (Wildman–Crippen LogP) is 2.08. The first kappa shape index (κ1) is 11.7. The third-order valence-electron chi connectivity index (χ3n) is 1.84. The molecule has 0 aromatic carbocycles. The van der Waals surface area contributed by atoms with Crippen molar-refractivity contribution in [1.29, 1.82) is 5.26 Å². The Labute approximate surface area is 94.5 Å². The van der Waals surface area contributed by atoms with Crippen molar-refractivity contribution in [2.24, 2.45) is 0 Å². The lowest BCUT2D eigenvalue weighted by Crippen LogP contribution is -2.00. The molecule has 2 N–H and O–H groups in total. The molecule has 0 radical (unpaired) electrons. The van der Waals surface area contributed by atoms with Crippen LogP contribution in [-0.4, -0.2) is 9.97 Å². The molecule has 0 amide bonds. The van der Waals surface area contributed by atoms with Crippen molar-refractivity contribution in [3.05, 3.63) is 48.5 Å². The highest BCUT2D eigenvalue weighted by atomic mass is 14.9. The summed E-state index contributed by atoms with van der Waals surface area (Å²) in [6.45, 7) is 5.51. The third kappa shape index (κ3) is 2.55. The van der Waals surface area contributed by atoms with Gasteiger partial charge in [-0.15, -0.1) is 0 Å². The number of nitriles is 1. The summed E-state index contributed by atoms with van der Waals surface area (Å²) in [5, 5.41) is 8.70. The summed E-state index contributed by atoms with van der Waals surface area (Å²) in [6.07, 6.45) is 8.56. The molecule has 4 nitrogen and oxygen atoms in total. The molecular weight excluding hydrogens is 200 g/mol. The zero-order valence-corrected chi connectivity index (χ0v) is 9.01. The van der Waals surface area contributed by atoms with E-state index < -0.39 is 0 Å². The maximum atomic E-state index is 8.70. The number of hydrogen-bond donors (Lipinski definition) is 1. The van der Waals surface area contributed by atoms with Gasteiger partial charge < -0.3 is 5.73 Å². The third-order valence-corrected chi connectivity index (χ3v) is 1.84. The highest BCUT2D eigenvalue weighted by molar-refractivity contribution is 5.71. The van der Waals surface area contributed by atoms with E-state index in [0.29, 0.717) is 5.82 Å². The summed E-state index contributed by atoms with van der Waals surface area (Å²) < 4.78 is 0. The normalized spacial score (nSPS) is 11.4. The molecule has 0 atom stereocenters. The maximum Gasteiger partial charge on any atom is 0.161 e. The van der Waals surface area contributed by atoms with Crippen LogP contribution in [0.4, 0.5) is 5.82 Å². The van der Waals surface area contributed by atoms with E-state index in [1.54, 1.807) is 12.2 Å². The second-order valence-electron chi connectivity index (χ2n) is 2.96. The molecule has 0 aliphatic carbocycles. The molecule has 0 bridgehead atoms. The van der Waals surface area contributed by atoms with E-state index in [-0.39, 0.29) is 11.4 Å². The summed E-state index contributed by atoms with van der Waals surface area (Å²) in [7, 11) is 0. The first-order valence-electron chi connectivity index (χ1n) is 4.71. The molecule has 16 heavy (non-hydrogen) atoms. The summed E-state index contributed by atoms with van der Waals surface area (Å²) in [4.78, 5) is 8.13. The standard InChI is InChI=1S/C12H12N4/c1-3-5-9(6-4-2)12-15-8-10(7-13)11(14)16-12/h3-6,8H,1H2,2H3,(H2,14,15,16)/b6-4-,9-5+. The van der Waals surface area contributed by atoms with Crippen LogP contribution in [0.5, 0.6) is 0 Å². The Bertz CT molecular complexity index is 492. The zero-order chi connectivity index (χ0) is 12.0. The number of anilines is 1. The minimum absolute atomic E-state index is 0.187. The van der Waals surface area contributed by atoms with Gasteiger partial charge in [-0.25, -0.2) is 9.97 Å². The van der Waals surface area contributed by atoms with Crippen LogP contribution in [0.1, 0.15) is 18.3 Å². The number of allylic oxidation sites excluding steroid dienone is 5. The van der Waals surface area contributed by atoms with Crippen LogP contribution in [0.2, 0.25) is 0 Å². The molecular formula is C12H12N4. The van der Waals surface area contributed by atoms with Crippen LogP contribution in [-0.2, 0) is 0 Å². The Hall–Kier alpha value is -2.41. The second-order valence-corrected chi connectivity index (χ2v) is 2.96. The van der Waals surface area contributed by atoms with Crippen LogP contribution < -0.4 is 5.73 Å². The van der Waals surface area contributed by atoms with Crippen LogP contribution >= 0.6 is 0 Å². The van der Waals surface area contributed by atoms with E-state index in [1.807, 2.05) is 25.1 Å². The smallest absolute Gasteiger partial charge is 0.161 e. The SMILES string of the molecule is C=C/C=C(\C=C/C)c1ncc(C#N)c(N)n1. The molecule has 0 aliphatic rings. The van der Waals surface area contributed by atoms with Crippen molar-refractivity contribution < 1.29 is 0 Å². The largest absolute Gasteiger partial charge is 0.382 e. The fraction of sp³-hybridized carbons (Fsp3) is 0.0833. The molecule has 1 aromatic rings. The van der Waals surface area contributed by atoms with Crippen LogP contribution in [0.25, 0.3) is 5.57 Å². The molecule has 1 heterocycles. The molecule has 80 valence electrons. The molecule has 1 aromatic heterocycles. The van der Waals surface area contributed by atoms with Gasteiger partial charge in [0.2, 0.25) is 0 Å². The highest BCUT2D eigenvalue weighted by Gasteiger charge is 2.05. The van der Waals surface area contributed by atoms with Crippen LogP contribution in [0.3, 0.4) is 0 Å². The number of hydrogen-bond acceptors (Lipinski definition) is 4. The Balaban J connectivity index is 3.23. The van der Waals surface area contributed by atoms with Gasteiger partial charge in [0.25, 0.3) is 0 Å². The van der Waals surface area contributed by atoms with Crippen molar-refractivity contribution in [1.82, 2.24) is 9.97 Å². The first-order valence-corrected chi connectivity index (χ1v) is 4.71. The summed E-state index contributed by atoms with van der Waals surface area (Å²) in [6, 6.07) is 1.92. The van der Waals surface area contributed by atoms with Gasteiger partial charge in [0.1, 0.15) is 17.5 Å². The van der Waals surface area contributed by atoms with E-state index in [4.69, 9.17) is 11.0 Å². The Morgan fingerprint density at radius 2 is 2.38 bits per heavy atom. The van der Waals surface area contributed by atoms with Gasteiger partial charge >= 0.3 is 0 Å². The topological polar surface area (TPSA) is 75.6 Å².